The summed E-state index contributed by atoms with van der Waals surface area (Å²) >= 11 is 0. The van der Waals surface area contributed by atoms with E-state index in [4.69, 9.17) is 0 Å². The zero-order valence-corrected chi connectivity index (χ0v) is 9.63. The van der Waals surface area contributed by atoms with E-state index in [2.05, 4.69) is 11.2 Å². The number of hydrogen-bond donors (Lipinski definition) is 0. The van der Waals surface area contributed by atoms with Gasteiger partial charge >= 0.3 is 0 Å². The van der Waals surface area contributed by atoms with Crippen LogP contribution in [0, 0.1) is 0 Å². The van der Waals surface area contributed by atoms with E-state index in [1.165, 1.54) is 5.56 Å². The Morgan fingerprint density at radius 1 is 1.29 bits per heavy atom. The highest BCUT2D eigenvalue weighted by atomic mass is 16.2. The zero-order valence-electron chi connectivity index (χ0n) is 9.63. The summed E-state index contributed by atoms with van der Waals surface area (Å²) in [7, 11) is 1.81. The van der Waals surface area contributed by atoms with Crippen molar-refractivity contribution in [2.24, 2.45) is 7.05 Å². The molecule has 0 N–H and O–H groups in total. The molecule has 0 saturated heterocycles. The monoisotopic (exact) mass is 227 g/mol. The predicted octanol–water partition coefficient (Wildman–Crippen LogP) is 1.62. The number of benzene rings is 1. The van der Waals surface area contributed by atoms with Crippen molar-refractivity contribution in [3.8, 4) is 0 Å². The van der Waals surface area contributed by atoms with Crippen molar-refractivity contribution in [2.75, 3.05) is 11.4 Å². The van der Waals surface area contributed by atoms with Crippen LogP contribution in [0.15, 0.2) is 36.5 Å². The van der Waals surface area contributed by atoms with Gasteiger partial charge in [-0.15, -0.1) is 0 Å². The van der Waals surface area contributed by atoms with Gasteiger partial charge in [0, 0.05) is 25.5 Å². The van der Waals surface area contributed by atoms with Gasteiger partial charge < -0.3 is 4.90 Å². The molecule has 0 spiro atoms. The third kappa shape index (κ3) is 1.62. The lowest BCUT2D eigenvalue weighted by Gasteiger charge is -2.15. The fourth-order valence-corrected chi connectivity index (χ4v) is 2.22. The van der Waals surface area contributed by atoms with Gasteiger partial charge in [-0.3, -0.25) is 9.48 Å². The Kier molecular flexibility index (Phi) is 2.21. The minimum Gasteiger partial charge on any atom is -0.306 e. The van der Waals surface area contributed by atoms with Gasteiger partial charge in [0.1, 0.15) is 0 Å². The standard InChI is InChI=1S/C13H13N3O/c1-15-8-7-11(14-15)13(17)16-9-6-10-4-2-3-5-12(10)16/h2-5,7-8H,6,9H2,1H3. The maximum Gasteiger partial charge on any atom is 0.278 e. The molecule has 4 nitrogen and oxygen atoms in total. The molecule has 2 aromatic rings. The van der Waals surface area contributed by atoms with E-state index < -0.39 is 0 Å². The Morgan fingerprint density at radius 2 is 2.12 bits per heavy atom. The van der Waals surface area contributed by atoms with E-state index in [-0.39, 0.29) is 5.91 Å². The third-order valence-electron chi connectivity index (χ3n) is 3.07. The summed E-state index contributed by atoms with van der Waals surface area (Å²) in [4.78, 5) is 14.1. The molecule has 1 aliphatic rings. The van der Waals surface area contributed by atoms with Crippen LogP contribution in [0.2, 0.25) is 0 Å². The number of rotatable bonds is 1. The van der Waals surface area contributed by atoms with Crippen molar-refractivity contribution in [1.82, 2.24) is 9.78 Å². The molecule has 0 unspecified atom stereocenters. The first-order valence-electron chi connectivity index (χ1n) is 5.65. The lowest BCUT2D eigenvalue weighted by molar-refractivity contribution is 0.0984. The van der Waals surface area contributed by atoms with Crippen LogP contribution in [-0.2, 0) is 13.5 Å². The van der Waals surface area contributed by atoms with Gasteiger partial charge in [0.15, 0.2) is 5.69 Å². The molecular weight excluding hydrogens is 214 g/mol. The summed E-state index contributed by atoms with van der Waals surface area (Å²) in [5, 5.41) is 4.15. The fraction of sp³-hybridized carbons (Fsp3) is 0.231. The first-order chi connectivity index (χ1) is 8.25. The minimum atomic E-state index is -0.0180. The average Bonchev–Trinajstić information content (AvgIpc) is 2.94. The molecule has 0 aliphatic carbocycles. The van der Waals surface area contributed by atoms with Gasteiger partial charge in [-0.1, -0.05) is 18.2 Å². The molecule has 17 heavy (non-hydrogen) atoms. The Morgan fingerprint density at radius 3 is 2.88 bits per heavy atom. The van der Waals surface area contributed by atoms with Crippen molar-refractivity contribution >= 4 is 11.6 Å². The fourth-order valence-electron chi connectivity index (χ4n) is 2.22. The molecule has 0 radical (unpaired) electrons. The summed E-state index contributed by atoms with van der Waals surface area (Å²) < 4.78 is 1.65. The number of amides is 1. The molecule has 4 heteroatoms. The molecule has 86 valence electrons. The van der Waals surface area contributed by atoms with E-state index in [0.29, 0.717) is 5.69 Å². The average molecular weight is 227 g/mol. The van der Waals surface area contributed by atoms with E-state index >= 15 is 0 Å². The van der Waals surface area contributed by atoms with E-state index in [9.17, 15) is 4.79 Å². The van der Waals surface area contributed by atoms with Gasteiger partial charge in [0.05, 0.1) is 0 Å². The number of aromatic nitrogens is 2. The second kappa shape index (κ2) is 3.73. The quantitative estimate of drug-likeness (QED) is 0.742. The highest BCUT2D eigenvalue weighted by Gasteiger charge is 2.26. The normalized spacial score (nSPS) is 13.8. The van der Waals surface area contributed by atoms with Gasteiger partial charge in [-0.2, -0.15) is 5.10 Å². The van der Waals surface area contributed by atoms with Crippen molar-refractivity contribution in [3.63, 3.8) is 0 Å². The summed E-state index contributed by atoms with van der Waals surface area (Å²) in [5.74, 6) is -0.0180. The van der Waals surface area contributed by atoms with Crippen LogP contribution in [0.1, 0.15) is 16.1 Å². The first-order valence-corrected chi connectivity index (χ1v) is 5.65. The number of para-hydroxylation sites is 1. The molecule has 1 aromatic carbocycles. The lowest BCUT2D eigenvalue weighted by Crippen LogP contribution is -2.29. The molecule has 3 rings (SSSR count). The number of carbonyl (C=O) groups is 1. The molecule has 1 amide bonds. The van der Waals surface area contributed by atoms with Crippen molar-refractivity contribution in [2.45, 2.75) is 6.42 Å². The number of fused-ring (bicyclic) bond motifs is 1. The summed E-state index contributed by atoms with van der Waals surface area (Å²) in [5.41, 5.74) is 2.75. The van der Waals surface area contributed by atoms with Gasteiger partial charge in [-0.05, 0) is 24.1 Å². The van der Waals surface area contributed by atoms with Crippen molar-refractivity contribution in [3.05, 3.63) is 47.8 Å². The van der Waals surface area contributed by atoms with Gasteiger partial charge in [0.2, 0.25) is 0 Å². The first kappa shape index (κ1) is 10.1. The molecular formula is C13H13N3O. The largest absolute Gasteiger partial charge is 0.306 e. The topological polar surface area (TPSA) is 38.1 Å². The Labute approximate surface area is 99.5 Å². The summed E-state index contributed by atoms with van der Waals surface area (Å²) in [6.45, 7) is 0.745. The SMILES string of the molecule is Cn1ccc(C(=O)N2CCc3ccccc32)n1. The predicted molar refractivity (Wildman–Crippen MR) is 65.0 cm³/mol. The van der Waals surface area contributed by atoms with Crippen LogP contribution >= 0.6 is 0 Å². The van der Waals surface area contributed by atoms with Gasteiger partial charge in [-0.25, -0.2) is 0 Å². The van der Waals surface area contributed by atoms with Crippen LogP contribution in [0.4, 0.5) is 5.69 Å². The van der Waals surface area contributed by atoms with E-state index in [1.54, 1.807) is 21.8 Å². The van der Waals surface area contributed by atoms with Gasteiger partial charge in [0.25, 0.3) is 5.91 Å². The minimum absolute atomic E-state index is 0.0180. The Balaban J connectivity index is 1.95. The maximum absolute atomic E-state index is 12.3. The number of hydrogen-bond acceptors (Lipinski definition) is 2. The van der Waals surface area contributed by atoms with Crippen molar-refractivity contribution < 1.29 is 4.79 Å². The zero-order chi connectivity index (χ0) is 11.8. The second-order valence-electron chi connectivity index (χ2n) is 4.21. The molecule has 0 saturated carbocycles. The molecule has 1 aromatic heterocycles. The molecule has 0 fully saturated rings. The van der Waals surface area contributed by atoms with E-state index in [1.807, 2.05) is 25.2 Å². The molecule has 2 heterocycles. The Hall–Kier alpha value is -2.10. The van der Waals surface area contributed by atoms with Crippen LogP contribution in [0.3, 0.4) is 0 Å². The van der Waals surface area contributed by atoms with Crippen LogP contribution in [-0.4, -0.2) is 22.2 Å². The number of carbonyl (C=O) groups excluding carboxylic acids is 1. The van der Waals surface area contributed by atoms with Crippen LogP contribution in [0.5, 0.6) is 0 Å². The third-order valence-corrected chi connectivity index (χ3v) is 3.07. The van der Waals surface area contributed by atoms with Crippen molar-refractivity contribution in [1.29, 1.82) is 0 Å². The number of anilines is 1. The van der Waals surface area contributed by atoms with Crippen LogP contribution < -0.4 is 4.90 Å². The highest BCUT2D eigenvalue weighted by Crippen LogP contribution is 2.28. The maximum atomic E-state index is 12.3. The highest BCUT2D eigenvalue weighted by molar-refractivity contribution is 6.05. The molecule has 0 atom stereocenters. The number of nitrogens with zero attached hydrogens (tertiary/aromatic N) is 3. The molecule has 0 bridgehead atoms. The lowest BCUT2D eigenvalue weighted by atomic mass is 10.2. The summed E-state index contributed by atoms with van der Waals surface area (Å²) in [6.07, 6.45) is 2.71. The molecule has 1 aliphatic heterocycles. The summed E-state index contributed by atoms with van der Waals surface area (Å²) in [6, 6.07) is 9.78. The second-order valence-corrected chi connectivity index (χ2v) is 4.21. The number of aryl methyl sites for hydroxylation is 1. The van der Waals surface area contributed by atoms with Crippen LogP contribution in [0.25, 0.3) is 0 Å². The van der Waals surface area contributed by atoms with E-state index in [0.717, 1.165) is 18.7 Å². The Bertz CT molecular complexity index is 574. The smallest absolute Gasteiger partial charge is 0.278 e.